The first kappa shape index (κ1) is 15.2. The molecule has 18 heavy (non-hydrogen) atoms. The van der Waals surface area contributed by atoms with Crippen molar-refractivity contribution in [2.24, 2.45) is 0 Å². The zero-order valence-corrected chi connectivity index (χ0v) is 12.1. The summed E-state index contributed by atoms with van der Waals surface area (Å²) in [5.74, 6) is -1.32. The molecule has 2 atom stereocenters. The Morgan fingerprint density at radius 2 is 2.06 bits per heavy atom. The van der Waals surface area contributed by atoms with E-state index in [1.54, 1.807) is 0 Å². The lowest BCUT2D eigenvalue weighted by atomic mass is 9.90. The van der Waals surface area contributed by atoms with Crippen molar-refractivity contribution in [3.05, 3.63) is 46.5 Å². The number of nitrogens with one attached hydrogen (secondary N) is 1. The molecule has 0 bridgehead atoms. The van der Waals surface area contributed by atoms with Crippen LogP contribution in [0.25, 0.3) is 0 Å². The Bertz CT molecular complexity index is 433. The Morgan fingerprint density at radius 3 is 2.56 bits per heavy atom. The third kappa shape index (κ3) is 3.57. The summed E-state index contributed by atoms with van der Waals surface area (Å²) >= 11 is 3.35. The molecule has 0 spiro atoms. The van der Waals surface area contributed by atoms with E-state index in [1.807, 2.05) is 36.4 Å². The van der Waals surface area contributed by atoms with E-state index in [2.05, 4.69) is 21.2 Å². The molecule has 5 heteroatoms. The fraction of sp³-hybridized carbons (Fsp3) is 0.308. The van der Waals surface area contributed by atoms with Crippen LogP contribution in [0.1, 0.15) is 17.9 Å². The van der Waals surface area contributed by atoms with Gasteiger partial charge in [0.25, 0.3) is 0 Å². The summed E-state index contributed by atoms with van der Waals surface area (Å²) in [4.78, 5) is 11.4. The van der Waals surface area contributed by atoms with Crippen LogP contribution in [0.2, 0.25) is 0 Å². The van der Waals surface area contributed by atoms with Crippen LogP contribution in [-0.4, -0.2) is 23.7 Å². The Morgan fingerprint density at radius 1 is 1.39 bits per heavy atom. The molecule has 0 fully saturated rings. The number of hydrogen-bond acceptors (Lipinski definition) is 2. The maximum atomic E-state index is 11.4. The van der Waals surface area contributed by atoms with Gasteiger partial charge in [0.1, 0.15) is 5.92 Å². The molecule has 1 aliphatic rings. The van der Waals surface area contributed by atoms with Crippen LogP contribution in [0, 0.1) is 0 Å². The predicted octanol–water partition coefficient (Wildman–Crippen LogP) is 2.96. The maximum Gasteiger partial charge on any atom is 0.312 e. The van der Waals surface area contributed by atoms with Crippen molar-refractivity contribution in [1.29, 1.82) is 0 Å². The topological polar surface area (TPSA) is 49.3 Å². The van der Waals surface area contributed by atoms with Crippen LogP contribution in [0.4, 0.5) is 0 Å². The van der Waals surface area contributed by atoms with Crippen LogP contribution in [0.5, 0.6) is 0 Å². The lowest BCUT2D eigenvalue weighted by molar-refractivity contribution is -0.139. The average Bonchev–Trinajstić information content (AvgIpc) is 2.33. The van der Waals surface area contributed by atoms with Gasteiger partial charge in [0.15, 0.2) is 0 Å². The quantitative estimate of drug-likeness (QED) is 0.837. The molecule has 1 aromatic rings. The normalized spacial score (nSPS) is 19.9. The van der Waals surface area contributed by atoms with Crippen molar-refractivity contribution >= 4 is 34.3 Å². The number of benzene rings is 1. The summed E-state index contributed by atoms with van der Waals surface area (Å²) in [5, 5.41) is 12.6. The molecule has 0 aliphatic carbocycles. The largest absolute Gasteiger partial charge is 0.481 e. The molecule has 0 saturated carbocycles. The van der Waals surface area contributed by atoms with Gasteiger partial charge < -0.3 is 10.4 Å². The third-order valence-electron chi connectivity index (χ3n) is 2.89. The van der Waals surface area contributed by atoms with E-state index < -0.39 is 11.9 Å². The van der Waals surface area contributed by atoms with Crippen molar-refractivity contribution < 1.29 is 9.90 Å². The molecule has 1 aromatic carbocycles. The summed E-state index contributed by atoms with van der Waals surface area (Å²) in [6.45, 7) is 0.835. The zero-order valence-electron chi connectivity index (χ0n) is 9.67. The van der Waals surface area contributed by atoms with Crippen LogP contribution >= 0.6 is 28.3 Å². The molecule has 98 valence electrons. The van der Waals surface area contributed by atoms with Crippen molar-refractivity contribution in [3.63, 3.8) is 0 Å². The van der Waals surface area contributed by atoms with E-state index in [0.29, 0.717) is 0 Å². The van der Waals surface area contributed by atoms with E-state index in [0.717, 1.165) is 23.0 Å². The summed E-state index contributed by atoms with van der Waals surface area (Å²) in [6.07, 6.45) is 4.95. The summed E-state index contributed by atoms with van der Waals surface area (Å²) in [5.41, 5.74) is 0.824. The zero-order chi connectivity index (χ0) is 12.3. The van der Waals surface area contributed by atoms with Gasteiger partial charge in [0.2, 0.25) is 0 Å². The maximum absolute atomic E-state index is 11.4. The van der Waals surface area contributed by atoms with Gasteiger partial charge in [0.05, 0.1) is 0 Å². The molecule has 0 radical (unpaired) electrons. The molecule has 0 aromatic heterocycles. The minimum absolute atomic E-state index is 0. The van der Waals surface area contributed by atoms with E-state index in [4.69, 9.17) is 0 Å². The highest BCUT2D eigenvalue weighted by Gasteiger charge is 2.28. The molecule has 3 nitrogen and oxygen atoms in total. The SMILES string of the molecule is Cl.O=C(O)C(c1ccc(Br)cc1)[C@H]1C=CCCN1. The summed E-state index contributed by atoms with van der Waals surface area (Å²) in [6, 6.07) is 7.33. The molecule has 1 unspecified atom stereocenters. The molecule has 1 aliphatic heterocycles. The smallest absolute Gasteiger partial charge is 0.312 e. The summed E-state index contributed by atoms with van der Waals surface area (Å²) < 4.78 is 0.956. The fourth-order valence-corrected chi connectivity index (χ4v) is 2.31. The standard InChI is InChI=1S/C13H14BrNO2.ClH/c14-10-6-4-9(5-7-10)12(13(16)17)11-3-1-2-8-15-11;/h1,3-7,11-12,15H,2,8H2,(H,16,17);1H/t11-,12?;/m1./s1. The van der Waals surface area contributed by atoms with Crippen molar-refractivity contribution in [1.82, 2.24) is 5.32 Å². The Kier molecular flexibility index (Phi) is 5.85. The Balaban J connectivity index is 0.00000162. The number of carboxylic acid groups (broad SMARTS) is 1. The number of carboxylic acids is 1. The second-order valence-electron chi connectivity index (χ2n) is 4.06. The first-order valence-corrected chi connectivity index (χ1v) is 6.36. The van der Waals surface area contributed by atoms with Crippen LogP contribution in [0.3, 0.4) is 0 Å². The first-order chi connectivity index (χ1) is 8.18. The van der Waals surface area contributed by atoms with Gasteiger partial charge in [-0.2, -0.15) is 0 Å². The minimum Gasteiger partial charge on any atom is -0.481 e. The van der Waals surface area contributed by atoms with E-state index in [1.165, 1.54) is 0 Å². The van der Waals surface area contributed by atoms with Gasteiger partial charge in [-0.25, -0.2) is 0 Å². The van der Waals surface area contributed by atoms with E-state index >= 15 is 0 Å². The number of rotatable bonds is 3. The van der Waals surface area contributed by atoms with Gasteiger partial charge >= 0.3 is 5.97 Å². The van der Waals surface area contributed by atoms with E-state index in [9.17, 15) is 9.90 Å². The molecule has 2 rings (SSSR count). The van der Waals surface area contributed by atoms with Gasteiger partial charge in [-0.3, -0.25) is 4.79 Å². The highest BCUT2D eigenvalue weighted by molar-refractivity contribution is 9.10. The lowest BCUT2D eigenvalue weighted by Crippen LogP contribution is -2.39. The first-order valence-electron chi connectivity index (χ1n) is 5.57. The van der Waals surface area contributed by atoms with Gasteiger partial charge in [-0.05, 0) is 30.7 Å². The average molecular weight is 333 g/mol. The van der Waals surface area contributed by atoms with Gasteiger partial charge in [0, 0.05) is 10.5 Å². The third-order valence-corrected chi connectivity index (χ3v) is 3.42. The second kappa shape index (κ2) is 6.92. The molecular formula is C13H15BrClNO2. The van der Waals surface area contributed by atoms with E-state index in [-0.39, 0.29) is 18.4 Å². The Labute approximate surface area is 121 Å². The van der Waals surface area contributed by atoms with Crippen molar-refractivity contribution in [3.8, 4) is 0 Å². The number of aliphatic carboxylic acids is 1. The number of carbonyl (C=O) groups is 1. The molecule has 0 saturated heterocycles. The molecule has 2 N–H and O–H groups in total. The van der Waals surface area contributed by atoms with Gasteiger partial charge in [-0.15, -0.1) is 12.4 Å². The highest BCUT2D eigenvalue weighted by Crippen LogP contribution is 2.24. The second-order valence-corrected chi connectivity index (χ2v) is 4.98. The van der Waals surface area contributed by atoms with Crippen LogP contribution in [-0.2, 0) is 4.79 Å². The van der Waals surface area contributed by atoms with Crippen molar-refractivity contribution in [2.75, 3.05) is 6.54 Å². The molecular weight excluding hydrogens is 318 g/mol. The fourth-order valence-electron chi connectivity index (χ4n) is 2.05. The minimum atomic E-state index is -0.795. The number of hydrogen-bond donors (Lipinski definition) is 2. The predicted molar refractivity (Wildman–Crippen MR) is 77.3 cm³/mol. The monoisotopic (exact) mass is 331 g/mol. The van der Waals surface area contributed by atoms with Gasteiger partial charge in [-0.1, -0.05) is 40.2 Å². The molecule has 1 heterocycles. The highest BCUT2D eigenvalue weighted by atomic mass is 79.9. The molecule has 0 amide bonds. The van der Waals surface area contributed by atoms with Crippen molar-refractivity contribution in [2.45, 2.75) is 18.4 Å². The van der Waals surface area contributed by atoms with Crippen LogP contribution in [0.15, 0.2) is 40.9 Å². The summed E-state index contributed by atoms with van der Waals surface area (Å²) in [7, 11) is 0. The lowest BCUT2D eigenvalue weighted by Gasteiger charge is -2.25. The number of halogens is 2. The van der Waals surface area contributed by atoms with Crippen LogP contribution < -0.4 is 5.32 Å². The Hall–Kier alpha value is -0.840.